The molecule has 1 N–H and O–H groups in total. The van der Waals surface area contributed by atoms with Gasteiger partial charge in [-0.2, -0.15) is 0 Å². The monoisotopic (exact) mass is 151 g/mol. The van der Waals surface area contributed by atoms with Crippen LogP contribution in [0.2, 0.25) is 0 Å². The first-order chi connectivity index (χ1) is 3.63. The molecule has 1 unspecified atom stereocenters. The maximum Gasteiger partial charge on any atom is 0.217 e. The molecule has 54 valence electrons. The van der Waals surface area contributed by atoms with Gasteiger partial charge in [0.05, 0.1) is 12.5 Å². The van der Waals surface area contributed by atoms with Crippen LogP contribution in [0.5, 0.6) is 0 Å². The van der Waals surface area contributed by atoms with E-state index in [1.807, 2.05) is 5.32 Å². The van der Waals surface area contributed by atoms with Gasteiger partial charge < -0.3 is 15.2 Å². The number of hydrogen-bond acceptors (Lipinski definition) is 3. The Kier molecular flexibility index (Phi) is 6.85. The van der Waals surface area contributed by atoms with Crippen LogP contribution in [0.4, 0.5) is 0 Å². The molecule has 0 aliphatic heterocycles. The van der Waals surface area contributed by atoms with Crippen molar-refractivity contribution in [1.82, 2.24) is 5.32 Å². The van der Waals surface area contributed by atoms with Crippen LogP contribution in [-0.4, -0.2) is 18.4 Å². The molecule has 0 fully saturated rings. The molecule has 0 radical (unpaired) electrons. The number of carbonyl (C=O) groups excluding carboxylic acids is 2. The molecule has 0 aromatic heterocycles. The van der Waals surface area contributed by atoms with E-state index in [-0.39, 0.29) is 15.8 Å². The first kappa shape index (κ1) is 11.2. The van der Waals surface area contributed by atoms with Crippen LogP contribution in [0.15, 0.2) is 0 Å². The van der Waals surface area contributed by atoms with Crippen LogP contribution in [-0.2, 0) is 9.59 Å². The molecular formula is C4H10NO3P. The summed E-state index contributed by atoms with van der Waals surface area (Å²) in [7, 11) is 0. The molecule has 0 saturated heterocycles. The van der Waals surface area contributed by atoms with Gasteiger partial charge in [-0.15, -0.1) is 0 Å². The van der Waals surface area contributed by atoms with Gasteiger partial charge in [0.15, 0.2) is 0 Å². The molecule has 0 spiro atoms. The summed E-state index contributed by atoms with van der Waals surface area (Å²) in [6.07, 6.45) is 0. The highest BCUT2D eigenvalue weighted by molar-refractivity contribution is 6.92. The van der Waals surface area contributed by atoms with Crippen LogP contribution in [0.25, 0.3) is 0 Å². The number of carboxylic acid groups (broad SMARTS) is 1. The minimum absolute atomic E-state index is 0. The van der Waals surface area contributed by atoms with Crippen molar-refractivity contribution in [3.05, 3.63) is 0 Å². The highest BCUT2D eigenvalue weighted by atomic mass is 31.0. The zero-order valence-electron chi connectivity index (χ0n) is 5.43. The molecule has 0 rings (SSSR count). The largest absolute Gasteiger partial charge is 0.548 e. The van der Waals surface area contributed by atoms with Gasteiger partial charge in [0.25, 0.3) is 0 Å². The van der Waals surface area contributed by atoms with Crippen LogP contribution in [0.3, 0.4) is 0 Å². The highest BCUT2D eigenvalue weighted by Gasteiger charge is 1.86. The van der Waals surface area contributed by atoms with Gasteiger partial charge in [-0.25, -0.2) is 0 Å². The van der Waals surface area contributed by atoms with Gasteiger partial charge in [0.1, 0.15) is 0 Å². The number of rotatable bonds is 2. The Morgan fingerprint density at radius 1 is 1.56 bits per heavy atom. The molecule has 0 aromatic rings. The van der Waals surface area contributed by atoms with Crippen LogP contribution in [0, 0.1) is 0 Å². The highest BCUT2D eigenvalue weighted by Crippen LogP contribution is 1.56. The van der Waals surface area contributed by atoms with Gasteiger partial charge in [-0.1, -0.05) is 0 Å². The van der Waals surface area contributed by atoms with Gasteiger partial charge in [-0.05, 0) is 9.90 Å². The molecule has 1 atom stereocenters. The summed E-state index contributed by atoms with van der Waals surface area (Å²) < 4.78 is 0. The molecule has 9 heavy (non-hydrogen) atoms. The van der Waals surface area contributed by atoms with E-state index in [1.54, 1.807) is 0 Å². The average Bonchev–Trinajstić information content (AvgIpc) is 1.61. The third-order valence-corrected chi connectivity index (χ3v) is 0.482. The predicted octanol–water partition coefficient (Wildman–Crippen LogP) is -2.34. The molecule has 4 nitrogen and oxygen atoms in total. The summed E-state index contributed by atoms with van der Waals surface area (Å²) in [6, 6.07) is 0. The molecule has 1 amide bonds. The number of amides is 1. The lowest BCUT2D eigenvalue weighted by molar-refractivity contribution is -0.303. The van der Waals surface area contributed by atoms with Gasteiger partial charge in [-0.3, -0.25) is 4.79 Å². The summed E-state index contributed by atoms with van der Waals surface area (Å²) in [5.41, 5.74) is 0. The maximum atomic E-state index is 9.95. The van der Waals surface area contributed by atoms with E-state index in [1.165, 1.54) is 6.92 Å². The second-order valence-electron chi connectivity index (χ2n) is 1.28. The van der Waals surface area contributed by atoms with E-state index < -0.39 is 12.5 Å². The van der Waals surface area contributed by atoms with Crippen molar-refractivity contribution >= 4 is 21.8 Å². The number of nitrogens with one attached hydrogen (secondary N) is 1. The van der Waals surface area contributed by atoms with Crippen LogP contribution >= 0.6 is 9.90 Å². The van der Waals surface area contributed by atoms with Crippen molar-refractivity contribution in [3.63, 3.8) is 0 Å². The molecule has 0 aliphatic rings. The minimum atomic E-state index is -1.28. The molecule has 0 saturated carbocycles. The second-order valence-corrected chi connectivity index (χ2v) is 1.28. The maximum absolute atomic E-state index is 9.95. The van der Waals surface area contributed by atoms with Crippen molar-refractivity contribution in [2.75, 3.05) is 6.54 Å². The SMILES string of the molecule is CC(=O)NCC(=O)[O-].[PH4+]. The van der Waals surface area contributed by atoms with E-state index in [0.29, 0.717) is 0 Å². The first-order valence-corrected chi connectivity index (χ1v) is 2.07. The summed E-state index contributed by atoms with van der Waals surface area (Å²) >= 11 is 0. The van der Waals surface area contributed by atoms with Crippen molar-refractivity contribution in [3.8, 4) is 0 Å². The fourth-order valence-electron chi connectivity index (χ4n) is 0.197. The fourth-order valence-corrected chi connectivity index (χ4v) is 0.197. The van der Waals surface area contributed by atoms with E-state index in [0.717, 1.165) is 0 Å². The van der Waals surface area contributed by atoms with Crippen molar-refractivity contribution in [2.45, 2.75) is 6.92 Å². The lowest BCUT2D eigenvalue weighted by Crippen LogP contribution is -2.36. The molecule has 5 heteroatoms. The minimum Gasteiger partial charge on any atom is -0.548 e. The number of hydrogen-bond donors (Lipinski definition) is 1. The Morgan fingerprint density at radius 3 is 2.11 bits per heavy atom. The van der Waals surface area contributed by atoms with Crippen LogP contribution in [0.1, 0.15) is 6.92 Å². The van der Waals surface area contributed by atoms with Crippen molar-refractivity contribution in [2.24, 2.45) is 0 Å². The van der Waals surface area contributed by atoms with E-state index >= 15 is 0 Å². The smallest absolute Gasteiger partial charge is 0.217 e. The van der Waals surface area contributed by atoms with Gasteiger partial charge in [0.2, 0.25) is 5.91 Å². The zero-order chi connectivity index (χ0) is 6.57. The third kappa shape index (κ3) is 11.1. The number of carboxylic acids is 1. The average molecular weight is 151 g/mol. The van der Waals surface area contributed by atoms with Crippen molar-refractivity contribution in [1.29, 1.82) is 0 Å². The Balaban J connectivity index is 0. The van der Waals surface area contributed by atoms with E-state index in [2.05, 4.69) is 0 Å². The van der Waals surface area contributed by atoms with Gasteiger partial charge >= 0.3 is 0 Å². The normalized spacial score (nSPS) is 7.22. The number of carbonyl (C=O) groups is 2. The number of aliphatic carboxylic acids is 1. The standard InChI is InChI=1S/C4H7NO3.H3P/c1-3(6)5-2-4(7)8;/h2H2,1H3,(H,5,6)(H,7,8);1H3. The molecule has 0 aromatic carbocycles. The van der Waals surface area contributed by atoms with E-state index in [4.69, 9.17) is 0 Å². The Morgan fingerprint density at radius 2 is 2.00 bits per heavy atom. The third-order valence-electron chi connectivity index (χ3n) is 0.482. The first-order valence-electron chi connectivity index (χ1n) is 2.07. The lowest BCUT2D eigenvalue weighted by Gasteiger charge is -1.99. The second kappa shape index (κ2) is 5.51. The summed E-state index contributed by atoms with van der Waals surface area (Å²) in [4.78, 5) is 19.5. The van der Waals surface area contributed by atoms with Crippen molar-refractivity contribution < 1.29 is 14.7 Å². The molecule has 0 bridgehead atoms. The lowest BCUT2D eigenvalue weighted by atomic mass is 10.6. The predicted molar refractivity (Wildman–Crippen MR) is 36.2 cm³/mol. The molecular weight excluding hydrogens is 141 g/mol. The fraction of sp³-hybridized carbons (Fsp3) is 0.500. The Bertz CT molecular complexity index is 100. The summed E-state index contributed by atoms with van der Waals surface area (Å²) in [5, 5.41) is 11.6. The zero-order valence-corrected chi connectivity index (χ0v) is 7.43. The quantitative estimate of drug-likeness (QED) is 0.450. The van der Waals surface area contributed by atoms with Gasteiger partial charge in [0, 0.05) is 6.92 Å². The molecule has 0 aliphatic carbocycles. The van der Waals surface area contributed by atoms with E-state index in [9.17, 15) is 14.7 Å². The summed E-state index contributed by atoms with van der Waals surface area (Å²) in [6.45, 7) is 0.832. The topological polar surface area (TPSA) is 69.2 Å². The van der Waals surface area contributed by atoms with Crippen LogP contribution < -0.4 is 10.4 Å². The summed E-state index contributed by atoms with van der Waals surface area (Å²) in [5.74, 6) is -1.64. The molecule has 0 heterocycles. The Hall–Kier alpha value is -0.630. The Labute approximate surface area is 56.3 Å².